The predicted molar refractivity (Wildman–Crippen MR) is 49.6 cm³/mol. The maximum atomic E-state index is 5.28. The van der Waals surface area contributed by atoms with E-state index in [1.54, 1.807) is 6.20 Å². The average molecular weight is 162 g/mol. The lowest BCUT2D eigenvalue weighted by Gasteiger charge is -2.19. The second kappa shape index (κ2) is 3.02. The maximum Gasteiger partial charge on any atom is 0.185 e. The molecule has 1 heterocycles. The van der Waals surface area contributed by atoms with Crippen LogP contribution in [0, 0.1) is 17.8 Å². The zero-order valence-electron chi connectivity index (χ0n) is 7.83. The monoisotopic (exact) mass is 162 g/mol. The topological polar surface area (TPSA) is 17.8 Å². The molecule has 64 valence electrons. The summed E-state index contributed by atoms with van der Waals surface area (Å²) in [7, 11) is 0. The van der Waals surface area contributed by atoms with Gasteiger partial charge in [0.25, 0.3) is 0 Å². The molecule has 0 bridgehead atoms. The van der Waals surface area contributed by atoms with Gasteiger partial charge in [-0.3, -0.25) is 0 Å². The first kappa shape index (κ1) is 8.86. The molecule has 0 amide bonds. The van der Waals surface area contributed by atoms with Crippen LogP contribution in [0.5, 0.6) is 0 Å². The third-order valence-electron chi connectivity index (χ3n) is 1.49. The Balaban J connectivity index is 2.84. The van der Waals surface area contributed by atoms with Crippen molar-refractivity contribution in [1.82, 2.24) is 9.55 Å². The summed E-state index contributed by atoms with van der Waals surface area (Å²) >= 11 is 0. The molecule has 2 heteroatoms. The molecule has 12 heavy (non-hydrogen) atoms. The van der Waals surface area contributed by atoms with Crippen molar-refractivity contribution < 1.29 is 0 Å². The number of imidazole rings is 1. The van der Waals surface area contributed by atoms with Crippen LogP contribution >= 0.6 is 0 Å². The highest BCUT2D eigenvalue weighted by atomic mass is 15.1. The summed E-state index contributed by atoms with van der Waals surface area (Å²) in [6.45, 7) is 7.43. The summed E-state index contributed by atoms with van der Waals surface area (Å²) in [4.78, 5) is 4.05. The van der Waals surface area contributed by atoms with E-state index in [-0.39, 0.29) is 5.41 Å². The number of hydrogen-bond acceptors (Lipinski definition) is 1. The van der Waals surface area contributed by atoms with Gasteiger partial charge in [0.05, 0.1) is 0 Å². The molecular weight excluding hydrogens is 148 g/mol. The number of aromatic nitrogens is 2. The Kier molecular flexibility index (Phi) is 2.23. The van der Waals surface area contributed by atoms with Gasteiger partial charge in [0.15, 0.2) is 5.82 Å². The molecule has 0 aliphatic heterocycles. The van der Waals surface area contributed by atoms with Gasteiger partial charge in [-0.05, 0) is 11.3 Å². The molecule has 0 saturated carbocycles. The van der Waals surface area contributed by atoms with E-state index in [2.05, 4.69) is 31.7 Å². The second-order valence-electron chi connectivity index (χ2n) is 4.08. The van der Waals surface area contributed by atoms with Crippen molar-refractivity contribution in [2.24, 2.45) is 5.41 Å². The van der Waals surface area contributed by atoms with Gasteiger partial charge in [0.2, 0.25) is 0 Å². The molecule has 0 aliphatic carbocycles. The molecule has 0 atom stereocenters. The lowest BCUT2D eigenvalue weighted by Crippen LogP contribution is -2.15. The van der Waals surface area contributed by atoms with E-state index in [0.29, 0.717) is 5.82 Å². The van der Waals surface area contributed by atoms with Gasteiger partial charge >= 0.3 is 0 Å². The molecule has 0 aliphatic rings. The van der Waals surface area contributed by atoms with Gasteiger partial charge < -0.3 is 4.57 Å². The fourth-order valence-electron chi connectivity index (χ4n) is 1.09. The van der Waals surface area contributed by atoms with Gasteiger partial charge in [-0.1, -0.05) is 20.8 Å². The zero-order chi connectivity index (χ0) is 9.19. The Hall–Kier alpha value is -1.23. The number of terminal acetylenes is 1. The van der Waals surface area contributed by atoms with Crippen LogP contribution in [0.4, 0.5) is 0 Å². The van der Waals surface area contributed by atoms with Crippen molar-refractivity contribution >= 4 is 0 Å². The molecule has 1 aromatic heterocycles. The van der Waals surface area contributed by atoms with Crippen LogP contribution < -0.4 is 0 Å². The highest BCUT2D eigenvalue weighted by Gasteiger charge is 2.12. The van der Waals surface area contributed by atoms with Crippen molar-refractivity contribution in [3.8, 4) is 12.3 Å². The molecule has 0 N–H and O–H groups in total. The minimum atomic E-state index is 0.242. The van der Waals surface area contributed by atoms with Crippen LogP contribution in [-0.4, -0.2) is 9.55 Å². The van der Waals surface area contributed by atoms with Gasteiger partial charge in [0, 0.05) is 18.9 Å². The maximum absolute atomic E-state index is 5.28. The smallest absolute Gasteiger partial charge is 0.185 e. The highest BCUT2D eigenvalue weighted by molar-refractivity contribution is 5.16. The average Bonchev–Trinajstić information content (AvgIpc) is 2.31. The van der Waals surface area contributed by atoms with E-state index in [4.69, 9.17) is 6.42 Å². The van der Waals surface area contributed by atoms with Gasteiger partial charge in [0.1, 0.15) is 0 Å². The van der Waals surface area contributed by atoms with Crippen molar-refractivity contribution in [1.29, 1.82) is 0 Å². The summed E-state index contributed by atoms with van der Waals surface area (Å²) < 4.78 is 2.00. The number of rotatable bonds is 1. The van der Waals surface area contributed by atoms with E-state index in [0.717, 1.165) is 6.54 Å². The Bertz CT molecular complexity index is 296. The molecule has 0 radical (unpaired) electrons. The third-order valence-corrected chi connectivity index (χ3v) is 1.49. The molecule has 1 aromatic rings. The van der Waals surface area contributed by atoms with Crippen molar-refractivity contribution in [3.05, 3.63) is 18.2 Å². The standard InChI is InChI=1S/C10H14N2/c1-5-9-11-6-7-12(9)8-10(2,3)4/h1,6-7H,8H2,2-4H3. The molecule has 0 fully saturated rings. The third kappa shape index (κ3) is 2.13. The quantitative estimate of drug-likeness (QED) is 0.577. The van der Waals surface area contributed by atoms with Gasteiger partial charge in [-0.25, -0.2) is 4.98 Å². The van der Waals surface area contributed by atoms with E-state index >= 15 is 0 Å². The largest absolute Gasteiger partial charge is 0.324 e. The number of nitrogens with zero attached hydrogens (tertiary/aromatic N) is 2. The molecule has 0 unspecified atom stereocenters. The molecule has 0 saturated heterocycles. The second-order valence-corrected chi connectivity index (χ2v) is 4.08. The SMILES string of the molecule is C#Cc1nccn1CC(C)(C)C. The van der Waals surface area contributed by atoms with Crippen molar-refractivity contribution in [2.75, 3.05) is 0 Å². The van der Waals surface area contributed by atoms with E-state index in [1.807, 2.05) is 10.8 Å². The van der Waals surface area contributed by atoms with Crippen LogP contribution in [0.1, 0.15) is 26.6 Å². The zero-order valence-corrected chi connectivity index (χ0v) is 7.83. The summed E-state index contributed by atoms with van der Waals surface area (Å²) in [5, 5.41) is 0. The lowest BCUT2D eigenvalue weighted by atomic mass is 9.97. The molecule has 0 spiro atoms. The fraction of sp³-hybridized carbons (Fsp3) is 0.500. The molecule has 2 nitrogen and oxygen atoms in total. The van der Waals surface area contributed by atoms with Gasteiger partial charge in [-0.15, -0.1) is 6.42 Å². The first-order valence-corrected chi connectivity index (χ1v) is 4.01. The minimum Gasteiger partial charge on any atom is -0.324 e. The van der Waals surface area contributed by atoms with Crippen LogP contribution in [0.15, 0.2) is 12.4 Å². The Morgan fingerprint density at radius 1 is 1.58 bits per heavy atom. The summed E-state index contributed by atoms with van der Waals surface area (Å²) in [6.07, 6.45) is 8.93. The highest BCUT2D eigenvalue weighted by Crippen LogP contribution is 2.16. The van der Waals surface area contributed by atoms with Crippen molar-refractivity contribution in [3.63, 3.8) is 0 Å². The Morgan fingerprint density at radius 3 is 2.75 bits per heavy atom. The van der Waals surface area contributed by atoms with E-state index in [9.17, 15) is 0 Å². The molecule has 1 rings (SSSR count). The summed E-state index contributed by atoms with van der Waals surface area (Å²) in [5.41, 5.74) is 0.242. The normalized spacial score (nSPS) is 11.2. The summed E-state index contributed by atoms with van der Waals surface area (Å²) in [6, 6.07) is 0. The first-order valence-electron chi connectivity index (χ1n) is 4.01. The van der Waals surface area contributed by atoms with Crippen LogP contribution in [-0.2, 0) is 6.54 Å². The predicted octanol–water partition coefficient (Wildman–Crippen LogP) is 1.91. The van der Waals surface area contributed by atoms with Gasteiger partial charge in [-0.2, -0.15) is 0 Å². The van der Waals surface area contributed by atoms with Crippen LogP contribution in [0.25, 0.3) is 0 Å². The number of hydrogen-bond donors (Lipinski definition) is 0. The van der Waals surface area contributed by atoms with E-state index < -0.39 is 0 Å². The fourth-order valence-corrected chi connectivity index (χ4v) is 1.09. The van der Waals surface area contributed by atoms with Crippen molar-refractivity contribution in [2.45, 2.75) is 27.3 Å². The molecular formula is C10H14N2. The first-order chi connectivity index (χ1) is 5.53. The Morgan fingerprint density at radius 2 is 2.25 bits per heavy atom. The van der Waals surface area contributed by atoms with E-state index in [1.165, 1.54) is 0 Å². The lowest BCUT2D eigenvalue weighted by molar-refractivity contribution is 0.342. The van der Waals surface area contributed by atoms with Crippen LogP contribution in [0.2, 0.25) is 0 Å². The minimum absolute atomic E-state index is 0.242. The Labute approximate surface area is 73.6 Å². The summed E-state index contributed by atoms with van der Waals surface area (Å²) in [5.74, 6) is 3.26. The molecule has 0 aromatic carbocycles. The van der Waals surface area contributed by atoms with Crippen LogP contribution in [0.3, 0.4) is 0 Å².